The van der Waals surface area contributed by atoms with Gasteiger partial charge in [-0.3, -0.25) is 4.79 Å². The molecule has 0 unspecified atom stereocenters. The van der Waals surface area contributed by atoms with Crippen molar-refractivity contribution in [3.8, 4) is 16.9 Å². The number of sulfonamides is 1. The Morgan fingerprint density at radius 2 is 1.71 bits per heavy atom. The maximum Gasteiger partial charge on any atom is 0.241 e. The van der Waals surface area contributed by atoms with Crippen molar-refractivity contribution >= 4 is 27.4 Å². The number of aromatic hydroxyl groups is 1. The summed E-state index contributed by atoms with van der Waals surface area (Å²) in [6.07, 6.45) is 0. The summed E-state index contributed by atoms with van der Waals surface area (Å²) >= 11 is 5.92. The minimum atomic E-state index is -4.06. The maximum absolute atomic E-state index is 14.4. The number of halogens is 2. The third-order valence-corrected chi connectivity index (χ3v) is 5.66. The number of hydrogen-bond donors (Lipinski definition) is 2. The molecule has 0 radical (unpaired) electrons. The van der Waals surface area contributed by atoms with Crippen LogP contribution in [0.3, 0.4) is 0 Å². The van der Waals surface area contributed by atoms with E-state index < -0.39 is 28.2 Å². The van der Waals surface area contributed by atoms with Crippen molar-refractivity contribution in [3.63, 3.8) is 0 Å². The molecule has 3 aromatic carbocycles. The summed E-state index contributed by atoms with van der Waals surface area (Å²) < 4.78 is 41.0. The lowest BCUT2D eigenvalue weighted by atomic mass is 10.0. The van der Waals surface area contributed by atoms with Crippen LogP contribution in [0.5, 0.6) is 5.75 Å². The number of nitrogens with one attached hydrogen (secondary N) is 1. The van der Waals surface area contributed by atoms with Crippen LogP contribution in [0, 0.1) is 5.82 Å². The average Bonchev–Trinajstić information content (AvgIpc) is 2.69. The Bertz CT molecular complexity index is 1130. The highest BCUT2D eigenvalue weighted by atomic mass is 35.5. The van der Waals surface area contributed by atoms with Gasteiger partial charge in [0.2, 0.25) is 10.0 Å². The zero-order valence-corrected chi connectivity index (χ0v) is 16.0. The number of phenols is 1. The van der Waals surface area contributed by atoms with Crippen LogP contribution in [0.4, 0.5) is 4.39 Å². The molecule has 0 bridgehead atoms. The predicted octanol–water partition coefficient (Wildman–Crippen LogP) is 4.01. The second-order valence-corrected chi connectivity index (χ2v) is 8.10. The zero-order valence-electron chi connectivity index (χ0n) is 14.4. The predicted molar refractivity (Wildman–Crippen MR) is 104 cm³/mol. The Kier molecular flexibility index (Phi) is 5.79. The van der Waals surface area contributed by atoms with E-state index in [-0.39, 0.29) is 21.2 Å². The minimum Gasteiger partial charge on any atom is -0.508 e. The summed E-state index contributed by atoms with van der Waals surface area (Å²) in [5.41, 5.74) is 0.954. The Hall–Kier alpha value is -2.74. The van der Waals surface area contributed by atoms with E-state index in [2.05, 4.69) is 4.72 Å². The van der Waals surface area contributed by atoms with Crippen molar-refractivity contribution in [1.82, 2.24) is 4.72 Å². The number of benzene rings is 3. The number of carbonyl (C=O) groups is 1. The van der Waals surface area contributed by atoms with Crippen molar-refractivity contribution in [1.29, 1.82) is 0 Å². The molecule has 28 heavy (non-hydrogen) atoms. The molecule has 0 aliphatic rings. The van der Waals surface area contributed by atoms with Crippen molar-refractivity contribution in [2.24, 2.45) is 0 Å². The third-order valence-electron chi connectivity index (χ3n) is 3.99. The molecule has 0 heterocycles. The highest BCUT2D eigenvalue weighted by Gasteiger charge is 2.20. The molecule has 144 valence electrons. The standard InChI is InChI=1S/C20H15ClFNO4S/c21-18-10-14(13-5-2-1-3-6-13)9-17(20(18)22)19(25)12-23-28(26,27)16-8-4-7-15(24)11-16/h1-11,23-24H,12H2. The fraction of sp³-hybridized carbons (Fsp3) is 0.0500. The van der Waals surface area contributed by atoms with Gasteiger partial charge in [-0.05, 0) is 41.5 Å². The smallest absolute Gasteiger partial charge is 0.241 e. The molecule has 5 nitrogen and oxygen atoms in total. The summed E-state index contributed by atoms with van der Waals surface area (Å²) in [5, 5.41) is 9.18. The first-order chi connectivity index (χ1) is 13.3. The van der Waals surface area contributed by atoms with Crippen LogP contribution in [0.15, 0.2) is 71.6 Å². The molecule has 0 fully saturated rings. The molecule has 0 aliphatic heterocycles. The van der Waals surface area contributed by atoms with Gasteiger partial charge in [0.1, 0.15) is 5.75 Å². The molecular weight excluding hydrogens is 405 g/mol. The molecule has 0 aliphatic carbocycles. The van der Waals surface area contributed by atoms with Crippen molar-refractivity contribution in [2.75, 3.05) is 6.54 Å². The van der Waals surface area contributed by atoms with Crippen LogP contribution in [0.25, 0.3) is 11.1 Å². The van der Waals surface area contributed by atoms with Gasteiger partial charge in [-0.15, -0.1) is 0 Å². The summed E-state index contributed by atoms with van der Waals surface area (Å²) in [5.74, 6) is -1.92. The Balaban J connectivity index is 1.85. The number of carbonyl (C=O) groups excluding carboxylic acids is 1. The number of ketones is 1. The molecule has 2 N–H and O–H groups in total. The highest BCUT2D eigenvalue weighted by molar-refractivity contribution is 7.89. The first-order valence-corrected chi connectivity index (χ1v) is 10.0. The maximum atomic E-state index is 14.4. The molecular formula is C20H15ClFNO4S. The monoisotopic (exact) mass is 419 g/mol. The second kappa shape index (κ2) is 8.10. The largest absolute Gasteiger partial charge is 0.508 e. The molecule has 0 saturated carbocycles. The molecule has 3 rings (SSSR count). The minimum absolute atomic E-state index is 0.211. The van der Waals surface area contributed by atoms with E-state index in [1.54, 1.807) is 24.3 Å². The van der Waals surface area contributed by atoms with Gasteiger partial charge in [0.05, 0.1) is 22.0 Å². The lowest BCUT2D eigenvalue weighted by Crippen LogP contribution is -2.30. The average molecular weight is 420 g/mol. The molecule has 8 heteroatoms. The topological polar surface area (TPSA) is 83.5 Å². The van der Waals surface area contributed by atoms with E-state index in [0.29, 0.717) is 5.56 Å². The van der Waals surface area contributed by atoms with Crippen molar-refractivity contribution < 1.29 is 22.7 Å². The fourth-order valence-electron chi connectivity index (χ4n) is 2.58. The lowest BCUT2D eigenvalue weighted by molar-refractivity contribution is 0.0993. The first kappa shape index (κ1) is 20.0. The van der Waals surface area contributed by atoms with Crippen LogP contribution in [-0.4, -0.2) is 25.9 Å². The van der Waals surface area contributed by atoms with Gasteiger partial charge in [0.15, 0.2) is 11.6 Å². The normalized spacial score (nSPS) is 11.4. The summed E-state index contributed by atoms with van der Waals surface area (Å²) in [6.45, 7) is -0.663. The molecule has 0 aromatic heterocycles. The molecule has 0 saturated heterocycles. The number of rotatable bonds is 6. The summed E-state index contributed by atoms with van der Waals surface area (Å²) in [6, 6.07) is 16.7. The summed E-state index contributed by atoms with van der Waals surface area (Å²) in [4.78, 5) is 12.3. The van der Waals surface area contributed by atoms with Gasteiger partial charge in [-0.1, -0.05) is 48.0 Å². The first-order valence-electron chi connectivity index (χ1n) is 8.14. The molecule has 3 aromatic rings. The van der Waals surface area contributed by atoms with Gasteiger partial charge >= 0.3 is 0 Å². The number of hydrogen-bond acceptors (Lipinski definition) is 4. The number of phenolic OH excluding ortho intramolecular Hbond substituents is 1. The highest BCUT2D eigenvalue weighted by Crippen LogP contribution is 2.28. The van der Waals surface area contributed by atoms with Crippen LogP contribution >= 0.6 is 11.6 Å². The van der Waals surface area contributed by atoms with Gasteiger partial charge in [0.25, 0.3) is 0 Å². The Morgan fingerprint density at radius 3 is 2.39 bits per heavy atom. The van der Waals surface area contributed by atoms with Gasteiger partial charge in [0, 0.05) is 0 Å². The Morgan fingerprint density at radius 1 is 1.00 bits per heavy atom. The summed E-state index contributed by atoms with van der Waals surface area (Å²) in [7, 11) is -4.06. The lowest BCUT2D eigenvalue weighted by Gasteiger charge is -2.10. The van der Waals surface area contributed by atoms with Crippen molar-refractivity contribution in [2.45, 2.75) is 4.90 Å². The van der Waals surface area contributed by atoms with E-state index in [1.807, 2.05) is 6.07 Å². The van der Waals surface area contributed by atoms with Gasteiger partial charge < -0.3 is 5.11 Å². The third kappa shape index (κ3) is 4.39. The number of Topliss-reactive ketones (excluding diaryl/α,β-unsaturated/α-hetero) is 1. The van der Waals surface area contributed by atoms with E-state index in [1.165, 1.54) is 30.3 Å². The Labute approximate surface area is 166 Å². The van der Waals surface area contributed by atoms with E-state index in [4.69, 9.17) is 11.6 Å². The molecule has 0 atom stereocenters. The zero-order chi connectivity index (χ0) is 20.3. The van der Waals surface area contributed by atoms with Gasteiger partial charge in [-0.2, -0.15) is 0 Å². The second-order valence-electron chi connectivity index (χ2n) is 5.93. The molecule has 0 spiro atoms. The SMILES string of the molecule is O=C(CNS(=O)(=O)c1cccc(O)c1)c1cc(-c2ccccc2)cc(Cl)c1F. The molecule has 0 amide bonds. The fourth-order valence-corrected chi connectivity index (χ4v) is 3.82. The quantitative estimate of drug-likeness (QED) is 0.591. The van der Waals surface area contributed by atoms with Gasteiger partial charge in [-0.25, -0.2) is 17.5 Å². The van der Waals surface area contributed by atoms with E-state index >= 15 is 0 Å². The van der Waals surface area contributed by atoms with E-state index in [9.17, 15) is 22.7 Å². The van der Waals surface area contributed by atoms with Crippen LogP contribution in [0.1, 0.15) is 10.4 Å². The van der Waals surface area contributed by atoms with Crippen LogP contribution < -0.4 is 4.72 Å². The van der Waals surface area contributed by atoms with Crippen molar-refractivity contribution in [3.05, 3.63) is 83.1 Å². The van der Waals surface area contributed by atoms with E-state index in [0.717, 1.165) is 11.6 Å². The van der Waals surface area contributed by atoms with Crippen LogP contribution in [-0.2, 0) is 10.0 Å². The van der Waals surface area contributed by atoms with Crippen LogP contribution in [0.2, 0.25) is 5.02 Å².